The number of hydrogen-bond donors (Lipinski definition) is 2. The van der Waals surface area contributed by atoms with Gasteiger partial charge in [0.25, 0.3) is 0 Å². The number of nitrogens with one attached hydrogen (secondary N) is 2. The predicted octanol–water partition coefficient (Wildman–Crippen LogP) is 4.62. The van der Waals surface area contributed by atoms with E-state index >= 15 is 0 Å². The average molecular weight is 353 g/mol. The lowest BCUT2D eigenvalue weighted by atomic mass is 10.1. The molecule has 0 unspecified atom stereocenters. The maximum atomic E-state index is 12.0. The molecule has 2 aromatic carbocycles. The number of carbonyl (C=O) groups is 1. The lowest BCUT2D eigenvalue weighted by Crippen LogP contribution is -2.21. The third-order valence-corrected chi connectivity index (χ3v) is 3.86. The fourth-order valence-electron chi connectivity index (χ4n) is 2.07. The Morgan fingerprint density at radius 1 is 1.09 bits per heavy atom. The molecule has 0 fully saturated rings. The minimum absolute atomic E-state index is 0.106. The smallest absolute Gasteiger partial charge is 0.243 e. The lowest BCUT2D eigenvalue weighted by molar-refractivity contribution is -0.114. The Hall–Kier alpha value is -1.91. The Kier molecular flexibility index (Phi) is 6.13. The van der Waals surface area contributed by atoms with Gasteiger partial charge in [0, 0.05) is 11.4 Å². The Morgan fingerprint density at radius 3 is 2.22 bits per heavy atom. The minimum Gasteiger partial charge on any atom is -0.494 e. The van der Waals surface area contributed by atoms with Crippen LogP contribution in [0.25, 0.3) is 0 Å². The van der Waals surface area contributed by atoms with E-state index in [1.165, 1.54) is 12.7 Å². The summed E-state index contributed by atoms with van der Waals surface area (Å²) in [5.74, 6) is 0.261. The molecule has 0 aromatic heterocycles. The molecule has 1 amide bonds. The van der Waals surface area contributed by atoms with Crippen LogP contribution in [0.15, 0.2) is 36.4 Å². The summed E-state index contributed by atoms with van der Waals surface area (Å²) < 4.78 is 5.08. The van der Waals surface area contributed by atoms with Gasteiger partial charge < -0.3 is 15.4 Å². The van der Waals surface area contributed by atoms with Crippen LogP contribution in [0.5, 0.6) is 5.75 Å². The zero-order valence-electron chi connectivity index (χ0n) is 13.0. The van der Waals surface area contributed by atoms with Gasteiger partial charge in [0.2, 0.25) is 5.91 Å². The Bertz CT molecular complexity index is 664. The number of halogens is 2. The number of benzene rings is 2. The van der Waals surface area contributed by atoms with E-state index in [4.69, 9.17) is 27.9 Å². The van der Waals surface area contributed by atoms with E-state index in [1.807, 2.05) is 24.3 Å². The van der Waals surface area contributed by atoms with E-state index in [9.17, 15) is 4.79 Å². The predicted molar refractivity (Wildman–Crippen MR) is 96.0 cm³/mol. The summed E-state index contributed by atoms with van der Waals surface area (Å²) in [6.07, 6.45) is 0.967. The summed E-state index contributed by atoms with van der Waals surface area (Å²) in [4.78, 5) is 12.0. The van der Waals surface area contributed by atoms with Crippen molar-refractivity contribution < 1.29 is 9.53 Å². The second-order valence-corrected chi connectivity index (χ2v) is 5.74. The summed E-state index contributed by atoms with van der Waals surface area (Å²) in [5.41, 5.74) is 2.64. The van der Waals surface area contributed by atoms with E-state index in [2.05, 4.69) is 17.6 Å². The molecule has 0 bridgehead atoms. The number of aryl methyl sites for hydroxylation is 1. The fraction of sp³-hybridized carbons (Fsp3) is 0.235. The zero-order chi connectivity index (χ0) is 16.8. The monoisotopic (exact) mass is 352 g/mol. The Balaban J connectivity index is 1.93. The highest BCUT2D eigenvalue weighted by Gasteiger charge is 2.09. The molecule has 6 heteroatoms. The standard InChI is InChI=1S/C17H18Cl2N2O2/c1-3-11-4-6-12(7-5-11)21-16(22)10-20-13-8-14(18)17(23-2)15(19)9-13/h4-9,20H,3,10H2,1-2H3,(H,21,22). The first-order valence-electron chi connectivity index (χ1n) is 7.19. The van der Waals surface area contributed by atoms with Crippen molar-refractivity contribution in [3.8, 4) is 5.75 Å². The van der Waals surface area contributed by atoms with Crippen molar-refractivity contribution in [2.75, 3.05) is 24.3 Å². The van der Waals surface area contributed by atoms with E-state index in [0.29, 0.717) is 21.5 Å². The summed E-state index contributed by atoms with van der Waals surface area (Å²) >= 11 is 12.1. The van der Waals surface area contributed by atoms with E-state index < -0.39 is 0 Å². The van der Waals surface area contributed by atoms with Gasteiger partial charge in [-0.05, 0) is 36.2 Å². The molecule has 0 heterocycles. The van der Waals surface area contributed by atoms with Crippen molar-refractivity contribution in [3.63, 3.8) is 0 Å². The maximum absolute atomic E-state index is 12.0. The van der Waals surface area contributed by atoms with Gasteiger partial charge in [0.1, 0.15) is 0 Å². The van der Waals surface area contributed by atoms with Crippen molar-refractivity contribution in [1.82, 2.24) is 0 Å². The topological polar surface area (TPSA) is 50.4 Å². The molecule has 122 valence electrons. The van der Waals surface area contributed by atoms with Crippen molar-refractivity contribution >= 4 is 40.5 Å². The number of methoxy groups -OCH3 is 1. The molecular formula is C17H18Cl2N2O2. The van der Waals surface area contributed by atoms with Gasteiger partial charge in [0.05, 0.1) is 23.7 Å². The van der Waals surface area contributed by atoms with E-state index in [1.54, 1.807) is 12.1 Å². The second kappa shape index (κ2) is 8.09. The highest BCUT2D eigenvalue weighted by atomic mass is 35.5. The van der Waals surface area contributed by atoms with Crippen LogP contribution in [0.3, 0.4) is 0 Å². The third kappa shape index (κ3) is 4.78. The van der Waals surface area contributed by atoms with Gasteiger partial charge in [0.15, 0.2) is 5.75 Å². The molecule has 0 aliphatic carbocycles. The van der Waals surface area contributed by atoms with Crippen LogP contribution in [0.4, 0.5) is 11.4 Å². The normalized spacial score (nSPS) is 10.3. The highest BCUT2D eigenvalue weighted by Crippen LogP contribution is 2.35. The van der Waals surface area contributed by atoms with Gasteiger partial charge in [-0.1, -0.05) is 42.3 Å². The number of rotatable bonds is 6. The molecule has 0 spiro atoms. The summed E-state index contributed by atoms with van der Waals surface area (Å²) in [7, 11) is 1.50. The van der Waals surface area contributed by atoms with Crippen LogP contribution in [0.2, 0.25) is 10.0 Å². The van der Waals surface area contributed by atoms with Gasteiger partial charge >= 0.3 is 0 Å². The minimum atomic E-state index is -0.155. The summed E-state index contributed by atoms with van der Waals surface area (Å²) in [6, 6.07) is 11.1. The molecule has 4 nitrogen and oxygen atoms in total. The molecule has 2 rings (SSSR count). The quantitative estimate of drug-likeness (QED) is 0.797. The Labute approximate surface area is 145 Å². The first-order valence-corrected chi connectivity index (χ1v) is 7.94. The van der Waals surface area contributed by atoms with Crippen LogP contribution in [0, 0.1) is 0 Å². The van der Waals surface area contributed by atoms with Crippen LogP contribution in [0.1, 0.15) is 12.5 Å². The average Bonchev–Trinajstić information content (AvgIpc) is 2.53. The van der Waals surface area contributed by atoms with Crippen LogP contribution in [-0.4, -0.2) is 19.6 Å². The molecule has 23 heavy (non-hydrogen) atoms. The first kappa shape index (κ1) is 17.4. The Morgan fingerprint density at radius 2 is 1.70 bits per heavy atom. The second-order valence-electron chi connectivity index (χ2n) is 4.93. The van der Waals surface area contributed by atoms with E-state index in [0.717, 1.165) is 12.1 Å². The number of ether oxygens (including phenoxy) is 1. The molecule has 0 saturated heterocycles. The fourth-order valence-corrected chi connectivity index (χ4v) is 2.71. The highest BCUT2D eigenvalue weighted by molar-refractivity contribution is 6.37. The zero-order valence-corrected chi connectivity index (χ0v) is 14.5. The van der Waals surface area contributed by atoms with E-state index in [-0.39, 0.29) is 12.5 Å². The van der Waals surface area contributed by atoms with Crippen LogP contribution < -0.4 is 15.4 Å². The molecule has 2 aromatic rings. The molecule has 0 aliphatic rings. The summed E-state index contributed by atoms with van der Waals surface area (Å²) in [5, 5.41) is 6.58. The molecule has 0 saturated carbocycles. The van der Waals surface area contributed by atoms with Crippen molar-refractivity contribution in [1.29, 1.82) is 0 Å². The largest absolute Gasteiger partial charge is 0.494 e. The van der Waals surface area contributed by atoms with Crippen molar-refractivity contribution in [2.24, 2.45) is 0 Å². The van der Waals surface area contributed by atoms with Gasteiger partial charge in [-0.25, -0.2) is 0 Å². The molecule has 0 atom stereocenters. The number of amides is 1. The van der Waals surface area contributed by atoms with Gasteiger partial charge in [-0.2, -0.15) is 0 Å². The third-order valence-electron chi connectivity index (χ3n) is 3.30. The van der Waals surface area contributed by atoms with Gasteiger partial charge in [-0.15, -0.1) is 0 Å². The number of carbonyl (C=O) groups excluding carboxylic acids is 1. The maximum Gasteiger partial charge on any atom is 0.243 e. The summed E-state index contributed by atoms with van der Waals surface area (Å²) in [6.45, 7) is 2.19. The number of anilines is 2. The van der Waals surface area contributed by atoms with Crippen molar-refractivity contribution in [3.05, 3.63) is 52.0 Å². The lowest BCUT2D eigenvalue weighted by Gasteiger charge is -2.11. The molecular weight excluding hydrogens is 335 g/mol. The van der Waals surface area contributed by atoms with Gasteiger partial charge in [-0.3, -0.25) is 4.79 Å². The number of hydrogen-bond acceptors (Lipinski definition) is 3. The molecule has 2 N–H and O–H groups in total. The molecule has 0 aliphatic heterocycles. The van der Waals surface area contributed by atoms with Crippen LogP contribution >= 0.6 is 23.2 Å². The SMILES string of the molecule is CCc1ccc(NC(=O)CNc2cc(Cl)c(OC)c(Cl)c2)cc1. The first-order chi connectivity index (χ1) is 11.0. The van der Waals surface area contributed by atoms with Crippen LogP contribution in [-0.2, 0) is 11.2 Å². The molecule has 0 radical (unpaired) electrons. The van der Waals surface area contributed by atoms with Crippen molar-refractivity contribution in [2.45, 2.75) is 13.3 Å².